The van der Waals surface area contributed by atoms with Gasteiger partial charge in [-0.05, 0) is 0 Å². The van der Waals surface area contributed by atoms with Crippen molar-refractivity contribution < 1.29 is 29.3 Å². The molecule has 0 unspecified atom stereocenters. The second kappa shape index (κ2) is 4.40. The van der Waals surface area contributed by atoms with E-state index >= 15 is 0 Å². The summed E-state index contributed by atoms with van der Waals surface area (Å²) < 4.78 is 1.15. The summed E-state index contributed by atoms with van der Waals surface area (Å²) in [6.07, 6.45) is 1.48. The van der Waals surface area contributed by atoms with Crippen molar-refractivity contribution in [2.45, 2.75) is 13.8 Å². The fourth-order valence-electron chi connectivity index (χ4n) is 0.397. The molecule has 0 spiro atoms. The van der Waals surface area contributed by atoms with E-state index in [1.165, 1.54) is 25.4 Å². The SMILES string of the molecule is [CH-]=C(/C=C(/C)[C](C)=[W])C(=O)O. The van der Waals surface area contributed by atoms with E-state index in [1.54, 1.807) is 0 Å². The molecule has 0 rings (SSSR count). The van der Waals surface area contributed by atoms with Crippen LogP contribution in [0.25, 0.3) is 0 Å². The minimum atomic E-state index is -1.07. The summed E-state index contributed by atoms with van der Waals surface area (Å²) in [6.45, 7) is 8.98. The van der Waals surface area contributed by atoms with Gasteiger partial charge in [0.05, 0.1) is 0 Å². The van der Waals surface area contributed by atoms with Crippen LogP contribution in [0.3, 0.4) is 0 Å². The van der Waals surface area contributed by atoms with Crippen LogP contribution in [0.4, 0.5) is 0 Å². The molecular formula is C8H9O2W-. The van der Waals surface area contributed by atoms with E-state index in [0.717, 1.165) is 9.47 Å². The number of carboxylic acid groups (broad SMARTS) is 1. The van der Waals surface area contributed by atoms with Crippen LogP contribution in [-0.2, 0) is 24.1 Å². The summed E-state index contributed by atoms with van der Waals surface area (Å²) in [5.41, 5.74) is 0.822. The van der Waals surface area contributed by atoms with Gasteiger partial charge in [-0.25, -0.2) is 0 Å². The number of carbonyl (C=O) groups is 1. The molecule has 60 valence electrons. The average molecular weight is 321 g/mol. The maximum atomic E-state index is 10.2. The van der Waals surface area contributed by atoms with Gasteiger partial charge in [-0.2, -0.15) is 0 Å². The zero-order valence-electron chi connectivity index (χ0n) is 6.42. The van der Waals surface area contributed by atoms with E-state index in [1.807, 2.05) is 13.8 Å². The Hall–Kier alpha value is -0.492. The maximum absolute atomic E-state index is 10.2. The Morgan fingerprint density at radius 3 is 2.27 bits per heavy atom. The van der Waals surface area contributed by atoms with Crippen LogP contribution in [0.5, 0.6) is 0 Å². The first kappa shape index (κ1) is 10.5. The molecule has 0 bridgehead atoms. The van der Waals surface area contributed by atoms with Gasteiger partial charge in [0.25, 0.3) is 0 Å². The van der Waals surface area contributed by atoms with Gasteiger partial charge in [-0.15, -0.1) is 0 Å². The number of carboxylic acids is 1. The molecule has 0 saturated heterocycles. The van der Waals surface area contributed by atoms with Crippen molar-refractivity contribution in [2.24, 2.45) is 0 Å². The molecule has 0 aromatic heterocycles. The van der Waals surface area contributed by atoms with Crippen molar-refractivity contribution in [3.63, 3.8) is 0 Å². The van der Waals surface area contributed by atoms with Gasteiger partial charge in [0.15, 0.2) is 0 Å². The van der Waals surface area contributed by atoms with Crippen LogP contribution < -0.4 is 0 Å². The summed E-state index contributed by atoms with van der Waals surface area (Å²) in [5.74, 6) is -1.07. The Morgan fingerprint density at radius 1 is 1.55 bits per heavy atom. The topological polar surface area (TPSA) is 37.3 Å². The van der Waals surface area contributed by atoms with E-state index in [-0.39, 0.29) is 5.57 Å². The number of hydrogen-bond acceptors (Lipinski definition) is 1. The first-order chi connectivity index (χ1) is 4.95. The molecule has 1 N–H and O–H groups in total. The molecule has 3 heteroatoms. The van der Waals surface area contributed by atoms with Crippen molar-refractivity contribution in [1.29, 1.82) is 0 Å². The molecular weight excluding hydrogens is 312 g/mol. The monoisotopic (exact) mass is 321 g/mol. The molecule has 0 aromatic rings. The van der Waals surface area contributed by atoms with Crippen LogP contribution in [0.1, 0.15) is 13.8 Å². The Labute approximate surface area is 77.0 Å². The molecule has 0 saturated carbocycles. The van der Waals surface area contributed by atoms with Gasteiger partial charge >= 0.3 is 76.8 Å². The molecule has 0 fully saturated rings. The molecule has 0 heterocycles. The number of allylic oxidation sites excluding steroid dienone is 1. The predicted octanol–water partition coefficient (Wildman–Crippen LogP) is 1.12. The zero-order valence-corrected chi connectivity index (χ0v) is 9.35. The van der Waals surface area contributed by atoms with Crippen molar-refractivity contribution in [3.05, 3.63) is 23.8 Å². The number of hydrogen-bond donors (Lipinski definition) is 1. The number of rotatable bonds is 3. The molecule has 0 atom stereocenters. The van der Waals surface area contributed by atoms with Crippen LogP contribution in [0, 0.1) is 6.58 Å². The normalized spacial score (nSPS) is 10.9. The van der Waals surface area contributed by atoms with E-state index in [9.17, 15) is 4.79 Å². The summed E-state index contributed by atoms with van der Waals surface area (Å²) in [5, 5.41) is 8.40. The van der Waals surface area contributed by atoms with Crippen molar-refractivity contribution in [2.75, 3.05) is 0 Å². The average Bonchev–Trinajstić information content (AvgIpc) is 1.87. The fourth-order valence-corrected chi connectivity index (χ4v) is 0.608. The van der Waals surface area contributed by atoms with Gasteiger partial charge < -0.3 is 0 Å². The van der Waals surface area contributed by atoms with Crippen molar-refractivity contribution >= 4 is 9.87 Å². The molecule has 0 aliphatic heterocycles. The third-order valence-electron chi connectivity index (χ3n) is 1.17. The second-order valence-electron chi connectivity index (χ2n) is 2.14. The van der Waals surface area contributed by atoms with Crippen LogP contribution in [0.15, 0.2) is 17.2 Å². The van der Waals surface area contributed by atoms with Crippen molar-refractivity contribution in [1.82, 2.24) is 0 Å². The summed E-state index contributed by atoms with van der Waals surface area (Å²) in [6, 6.07) is 0. The zero-order chi connectivity index (χ0) is 9.02. The number of aliphatic carboxylic acids is 1. The van der Waals surface area contributed by atoms with Crippen LogP contribution in [-0.4, -0.2) is 15.0 Å². The van der Waals surface area contributed by atoms with Crippen molar-refractivity contribution in [3.8, 4) is 0 Å². The Morgan fingerprint density at radius 2 is 2.00 bits per heavy atom. The van der Waals surface area contributed by atoms with E-state index in [4.69, 9.17) is 11.7 Å². The summed E-state index contributed by atoms with van der Waals surface area (Å²) in [4.78, 5) is 10.2. The Balaban J connectivity index is 4.44. The quantitative estimate of drug-likeness (QED) is 0.480. The van der Waals surface area contributed by atoms with Crippen LogP contribution >= 0.6 is 0 Å². The first-order valence-electron chi connectivity index (χ1n) is 3.00. The van der Waals surface area contributed by atoms with E-state index in [0.29, 0.717) is 0 Å². The van der Waals surface area contributed by atoms with E-state index in [2.05, 4.69) is 0 Å². The molecule has 0 aromatic carbocycles. The van der Waals surface area contributed by atoms with Crippen LogP contribution in [0.2, 0.25) is 0 Å². The predicted molar refractivity (Wildman–Crippen MR) is 39.9 cm³/mol. The summed E-state index contributed by atoms with van der Waals surface area (Å²) in [7, 11) is 0. The standard InChI is InChI=1S/C8H9O2.W/c1-4-6(2)5-7(3)8(9)10;/h3,5H,1-2H3,(H,9,10);/q-1;/b6-5-;. The fraction of sp³-hybridized carbons (Fsp3) is 0.250. The van der Waals surface area contributed by atoms with Gasteiger partial charge in [0.2, 0.25) is 0 Å². The van der Waals surface area contributed by atoms with Gasteiger partial charge in [0.1, 0.15) is 0 Å². The first-order valence-corrected chi connectivity index (χ1v) is 4.46. The molecule has 0 radical (unpaired) electrons. The molecule has 0 amide bonds. The third kappa shape index (κ3) is 4.05. The Kier molecular flexibility index (Phi) is 4.20. The minimum absolute atomic E-state index is 0.108. The van der Waals surface area contributed by atoms with Gasteiger partial charge in [0, 0.05) is 0 Å². The Bertz CT molecular complexity index is 238. The molecule has 0 aliphatic carbocycles. The molecule has 0 aliphatic rings. The third-order valence-corrected chi connectivity index (χ3v) is 2.33. The van der Waals surface area contributed by atoms with E-state index < -0.39 is 5.97 Å². The molecule has 11 heavy (non-hydrogen) atoms. The molecule has 2 nitrogen and oxygen atoms in total. The van der Waals surface area contributed by atoms with Gasteiger partial charge in [-0.1, -0.05) is 0 Å². The van der Waals surface area contributed by atoms with Gasteiger partial charge in [-0.3, -0.25) is 0 Å². The summed E-state index contributed by atoms with van der Waals surface area (Å²) >= 11 is 1.33. The second-order valence-corrected chi connectivity index (χ2v) is 4.34.